The maximum atomic E-state index is 14.5. The van der Waals surface area contributed by atoms with E-state index >= 15 is 0 Å². The number of rotatable bonds is 9. The third kappa shape index (κ3) is 9.42. The van der Waals surface area contributed by atoms with Gasteiger partial charge in [-0.05, 0) is 80.4 Å². The van der Waals surface area contributed by atoms with Gasteiger partial charge in [0.05, 0.1) is 32.6 Å². The molecule has 15 nitrogen and oxygen atoms in total. The number of nitrogens with one attached hydrogen (secondary N) is 5. The number of fused-ring (bicyclic) bond motifs is 3. The number of ether oxygens (including phenoxy) is 1. The zero-order chi connectivity index (χ0) is 41.5. The minimum atomic E-state index is -0.620. The van der Waals surface area contributed by atoms with Gasteiger partial charge in [-0.25, -0.2) is 33.7 Å². The molecule has 5 amide bonds. The van der Waals surface area contributed by atoms with Gasteiger partial charge in [-0.1, -0.05) is 34.8 Å². The fourth-order valence-electron chi connectivity index (χ4n) is 5.81. The summed E-state index contributed by atoms with van der Waals surface area (Å²) in [4.78, 5) is 72.2. The smallest absolute Gasteiger partial charge is 0.343 e. The van der Waals surface area contributed by atoms with Gasteiger partial charge in [0.15, 0.2) is 10.3 Å². The Balaban J connectivity index is 0.000000200. The van der Waals surface area contributed by atoms with E-state index in [1.807, 2.05) is 44.2 Å². The Morgan fingerprint density at radius 1 is 0.776 bits per heavy atom. The lowest BCUT2D eigenvalue weighted by Crippen LogP contribution is -2.28. The van der Waals surface area contributed by atoms with E-state index < -0.39 is 11.8 Å². The summed E-state index contributed by atoms with van der Waals surface area (Å²) >= 11 is 2.59. The lowest BCUT2D eigenvalue weighted by molar-refractivity contribution is -0.114. The van der Waals surface area contributed by atoms with E-state index in [1.165, 1.54) is 48.1 Å². The number of benzene rings is 3. The van der Waals surface area contributed by atoms with Crippen molar-refractivity contribution in [1.29, 1.82) is 0 Å². The average molecular weight is 824 g/mol. The van der Waals surface area contributed by atoms with Crippen LogP contribution in [0.1, 0.15) is 38.1 Å². The van der Waals surface area contributed by atoms with Gasteiger partial charge in [-0.15, -0.1) is 0 Å². The Hall–Kier alpha value is -6.79. The molecular weight excluding hydrogens is 786 g/mol. The number of halogens is 1. The van der Waals surface area contributed by atoms with Crippen LogP contribution in [0.2, 0.25) is 0 Å². The molecule has 4 aromatic heterocycles. The molecule has 58 heavy (non-hydrogen) atoms. The zero-order valence-corrected chi connectivity index (χ0v) is 33.6. The predicted molar refractivity (Wildman–Crippen MR) is 226 cm³/mol. The number of hydrogen-bond donors (Lipinski definition) is 5. The maximum Gasteiger partial charge on any atom is 0.343 e. The minimum Gasteiger partial charge on any atom is -0.462 e. The number of thiazole rings is 2. The van der Waals surface area contributed by atoms with Crippen LogP contribution in [-0.4, -0.2) is 63.2 Å². The number of hydrogen-bond acceptors (Lipinski definition) is 11. The Morgan fingerprint density at radius 2 is 1.40 bits per heavy atom. The van der Waals surface area contributed by atoms with E-state index in [9.17, 15) is 28.4 Å². The topological polar surface area (TPSA) is 198 Å². The number of urea groups is 2. The summed E-state index contributed by atoms with van der Waals surface area (Å²) in [5, 5.41) is 14.6. The highest BCUT2D eigenvalue weighted by molar-refractivity contribution is 7.22. The van der Waals surface area contributed by atoms with Gasteiger partial charge in [0.2, 0.25) is 11.3 Å². The molecule has 298 valence electrons. The standard InChI is InChI=1S/C23H22N4O4S.C17H16FN5O2S/c1-4-24-22(30)26-23-25-17-10-13(7-9-19(17)32-23)14-6-8-15-18(11-14)27(3)12-16(20(15)28)21(29)31-5-2;1-3-19-16(25)23-17-22-13-6-11(12(18)7-14(13)26-17)10-4-5-15(20-8-10)21-9(2)24/h6-12H,4-5H2,1-3H3,(H2,24,25,26,30);4-8H,3H2,1-2H3,(H,20,21,24)(H2,19,22,23,25). The highest BCUT2D eigenvalue weighted by Gasteiger charge is 2.17. The van der Waals surface area contributed by atoms with Gasteiger partial charge < -0.3 is 25.3 Å². The molecule has 0 unspecified atom stereocenters. The number of carbonyl (C=O) groups is 4. The largest absolute Gasteiger partial charge is 0.462 e. The fraction of sp³-hybridized carbons (Fsp3) is 0.200. The first-order chi connectivity index (χ1) is 27.9. The molecule has 0 aliphatic rings. The molecule has 7 aromatic rings. The van der Waals surface area contributed by atoms with Crippen LogP contribution in [0.5, 0.6) is 0 Å². The summed E-state index contributed by atoms with van der Waals surface area (Å²) < 4.78 is 22.8. The summed E-state index contributed by atoms with van der Waals surface area (Å²) in [6, 6.07) is 17.0. The van der Waals surface area contributed by atoms with E-state index in [0.717, 1.165) is 21.3 Å². The summed E-state index contributed by atoms with van der Waals surface area (Å²) in [5.41, 5.74) is 4.46. The Kier molecular flexibility index (Phi) is 12.7. The first-order valence-electron chi connectivity index (χ1n) is 18.0. The third-order valence-corrected chi connectivity index (χ3v) is 10.3. The first kappa shape index (κ1) is 40.9. The normalized spacial score (nSPS) is 10.8. The number of amides is 5. The molecule has 4 heterocycles. The van der Waals surface area contributed by atoms with Crippen molar-refractivity contribution in [2.45, 2.75) is 27.7 Å². The van der Waals surface area contributed by atoms with Crippen molar-refractivity contribution in [2.24, 2.45) is 7.05 Å². The van der Waals surface area contributed by atoms with Crippen molar-refractivity contribution in [3.05, 3.63) is 94.7 Å². The van der Waals surface area contributed by atoms with Crippen molar-refractivity contribution < 1.29 is 28.3 Å². The Labute approximate surface area is 338 Å². The first-order valence-corrected chi connectivity index (χ1v) is 19.7. The van der Waals surface area contributed by atoms with Gasteiger partial charge in [0, 0.05) is 56.0 Å². The van der Waals surface area contributed by atoms with Crippen LogP contribution >= 0.6 is 22.7 Å². The SMILES string of the molecule is CCNC(=O)Nc1nc2cc(-c3ccc(NC(C)=O)nc3)c(F)cc2s1.CCNC(=O)Nc1nc2cc(-c3ccc4c(=O)c(C(=O)OCC)cn(C)c4c3)ccc2s1. The van der Waals surface area contributed by atoms with Gasteiger partial charge >= 0.3 is 18.0 Å². The van der Waals surface area contributed by atoms with Crippen LogP contribution in [0.4, 0.5) is 30.1 Å². The van der Waals surface area contributed by atoms with Gasteiger partial charge in [0.1, 0.15) is 17.2 Å². The van der Waals surface area contributed by atoms with Crippen LogP contribution in [0.15, 0.2) is 77.9 Å². The molecule has 3 aromatic carbocycles. The number of esters is 1. The Bertz CT molecular complexity index is 2750. The number of carbonyl (C=O) groups excluding carboxylic acids is 4. The molecule has 0 saturated carbocycles. The molecule has 0 aliphatic heterocycles. The second-order valence-electron chi connectivity index (χ2n) is 12.5. The monoisotopic (exact) mass is 823 g/mol. The van der Waals surface area contributed by atoms with Crippen molar-refractivity contribution in [3.8, 4) is 22.3 Å². The highest BCUT2D eigenvalue weighted by atomic mass is 32.1. The molecule has 0 atom stereocenters. The molecule has 0 saturated heterocycles. The fourth-order valence-corrected chi connectivity index (χ4v) is 7.52. The molecule has 5 N–H and O–H groups in total. The predicted octanol–water partition coefficient (Wildman–Crippen LogP) is 7.73. The quantitative estimate of drug-likeness (QED) is 0.0905. The summed E-state index contributed by atoms with van der Waals surface area (Å²) in [6.07, 6.45) is 2.99. The molecule has 0 spiro atoms. The van der Waals surface area contributed by atoms with E-state index in [0.29, 0.717) is 61.4 Å². The lowest BCUT2D eigenvalue weighted by Gasteiger charge is -2.10. The van der Waals surface area contributed by atoms with E-state index in [1.54, 1.807) is 42.8 Å². The van der Waals surface area contributed by atoms with E-state index in [-0.39, 0.29) is 35.6 Å². The molecule has 0 fully saturated rings. The van der Waals surface area contributed by atoms with Crippen molar-refractivity contribution in [3.63, 3.8) is 0 Å². The van der Waals surface area contributed by atoms with Crippen molar-refractivity contribution in [1.82, 2.24) is 30.2 Å². The van der Waals surface area contributed by atoms with Crippen molar-refractivity contribution >= 4 is 94.0 Å². The lowest BCUT2D eigenvalue weighted by atomic mass is 10.0. The second-order valence-corrected chi connectivity index (χ2v) is 14.6. The highest BCUT2D eigenvalue weighted by Crippen LogP contribution is 2.33. The second kappa shape index (κ2) is 18.0. The van der Waals surface area contributed by atoms with Crippen LogP contribution in [0, 0.1) is 5.82 Å². The third-order valence-electron chi connectivity index (χ3n) is 8.38. The minimum absolute atomic E-state index is 0.0191. The number of anilines is 3. The number of pyridine rings is 2. The van der Waals surface area contributed by atoms with Crippen LogP contribution < -0.4 is 32.0 Å². The van der Waals surface area contributed by atoms with Crippen LogP contribution in [0.3, 0.4) is 0 Å². The molecule has 0 bridgehead atoms. The van der Waals surface area contributed by atoms with Gasteiger partial charge in [-0.3, -0.25) is 20.2 Å². The van der Waals surface area contributed by atoms with Crippen LogP contribution in [-0.2, 0) is 16.6 Å². The van der Waals surface area contributed by atoms with E-state index in [4.69, 9.17) is 4.74 Å². The van der Waals surface area contributed by atoms with Crippen LogP contribution in [0.25, 0.3) is 53.6 Å². The summed E-state index contributed by atoms with van der Waals surface area (Å²) in [5.74, 6) is -0.873. The van der Waals surface area contributed by atoms with Gasteiger partial charge in [-0.2, -0.15) is 0 Å². The maximum absolute atomic E-state index is 14.5. The summed E-state index contributed by atoms with van der Waals surface area (Å²) in [7, 11) is 1.79. The number of aryl methyl sites for hydroxylation is 1. The van der Waals surface area contributed by atoms with Gasteiger partial charge in [0.25, 0.3) is 0 Å². The molecular formula is C40H38FN9O6S2. The number of nitrogens with zero attached hydrogens (tertiary/aromatic N) is 4. The number of aromatic nitrogens is 4. The molecule has 0 radical (unpaired) electrons. The van der Waals surface area contributed by atoms with E-state index in [2.05, 4.69) is 41.5 Å². The average Bonchev–Trinajstić information content (AvgIpc) is 3.78. The van der Waals surface area contributed by atoms with Crippen molar-refractivity contribution in [2.75, 3.05) is 35.6 Å². The molecule has 0 aliphatic carbocycles. The molecule has 7 rings (SSSR count). The zero-order valence-electron chi connectivity index (χ0n) is 32.0. The Morgan fingerprint density at radius 3 is 2.02 bits per heavy atom. The molecule has 18 heteroatoms. The summed E-state index contributed by atoms with van der Waals surface area (Å²) in [6.45, 7) is 7.99.